The number of aromatic nitrogens is 2. The molecule has 4 aromatic rings. The third-order valence-electron chi connectivity index (χ3n) is 3.97. The zero-order valence-electron chi connectivity index (χ0n) is 14.5. The molecule has 4 rings (SSSR count). The van der Waals surface area contributed by atoms with Crippen LogP contribution in [0.2, 0.25) is 0 Å². The highest BCUT2D eigenvalue weighted by Crippen LogP contribution is 2.25. The highest BCUT2D eigenvalue weighted by molar-refractivity contribution is 5.91. The van der Waals surface area contributed by atoms with Crippen molar-refractivity contribution in [2.24, 2.45) is 4.99 Å². The molecule has 6 nitrogen and oxygen atoms in total. The minimum absolute atomic E-state index is 0.358. The van der Waals surface area contributed by atoms with Gasteiger partial charge in [0.2, 0.25) is 5.89 Å². The Morgan fingerprint density at radius 3 is 2.56 bits per heavy atom. The van der Waals surface area contributed by atoms with E-state index in [2.05, 4.69) is 19.7 Å². The van der Waals surface area contributed by atoms with Gasteiger partial charge in [-0.3, -0.25) is 4.99 Å². The summed E-state index contributed by atoms with van der Waals surface area (Å²) in [4.78, 5) is 24.4. The fourth-order valence-electron chi connectivity index (χ4n) is 2.55. The molecule has 0 bridgehead atoms. The third-order valence-corrected chi connectivity index (χ3v) is 3.97. The predicted molar refractivity (Wildman–Crippen MR) is 102 cm³/mol. The van der Waals surface area contributed by atoms with Crippen molar-refractivity contribution in [3.63, 3.8) is 0 Å². The summed E-state index contributed by atoms with van der Waals surface area (Å²) < 4.78 is 10.4. The van der Waals surface area contributed by atoms with Crippen molar-refractivity contribution in [3.8, 4) is 11.5 Å². The molecule has 2 aromatic carbocycles. The maximum atomic E-state index is 11.4. The van der Waals surface area contributed by atoms with Crippen LogP contribution in [-0.2, 0) is 4.74 Å². The van der Waals surface area contributed by atoms with Gasteiger partial charge in [0.25, 0.3) is 0 Å². The van der Waals surface area contributed by atoms with Crippen molar-refractivity contribution in [3.05, 3.63) is 78.0 Å². The molecule has 0 atom stereocenters. The molecule has 2 aromatic heterocycles. The number of carbonyl (C=O) groups excluding carboxylic acids is 1. The second-order valence-corrected chi connectivity index (χ2v) is 5.76. The standard InChI is InChI=1S/C21H15N3O3/c1-26-21(25)16-6-4-14(5-7-16)13-23-17-10-8-15(9-11-17)20-24-19-18(27-20)3-2-12-22-19/h2-13H,1H3. The first-order chi connectivity index (χ1) is 13.2. The molecule has 0 fully saturated rings. The molecule has 2 heterocycles. The Kier molecular flexibility index (Phi) is 4.45. The van der Waals surface area contributed by atoms with E-state index >= 15 is 0 Å². The van der Waals surface area contributed by atoms with Gasteiger partial charge in [-0.25, -0.2) is 9.78 Å². The molecule has 0 spiro atoms. The van der Waals surface area contributed by atoms with Crippen LogP contribution in [0.1, 0.15) is 15.9 Å². The summed E-state index contributed by atoms with van der Waals surface area (Å²) in [6.07, 6.45) is 3.42. The van der Waals surface area contributed by atoms with Gasteiger partial charge in [0, 0.05) is 18.0 Å². The van der Waals surface area contributed by atoms with Crippen molar-refractivity contribution in [2.75, 3.05) is 7.11 Å². The van der Waals surface area contributed by atoms with E-state index < -0.39 is 0 Å². The highest BCUT2D eigenvalue weighted by atomic mass is 16.5. The average molecular weight is 357 g/mol. The number of ether oxygens (including phenoxy) is 1. The van der Waals surface area contributed by atoms with E-state index in [1.54, 1.807) is 24.5 Å². The highest BCUT2D eigenvalue weighted by Gasteiger charge is 2.08. The lowest BCUT2D eigenvalue weighted by atomic mass is 10.1. The smallest absolute Gasteiger partial charge is 0.337 e. The Hall–Kier alpha value is -3.80. The van der Waals surface area contributed by atoms with Gasteiger partial charge in [-0.05, 0) is 54.1 Å². The van der Waals surface area contributed by atoms with Crippen LogP contribution in [0.4, 0.5) is 5.69 Å². The fraction of sp³-hybridized carbons (Fsp3) is 0.0476. The van der Waals surface area contributed by atoms with E-state index in [1.807, 2.05) is 48.5 Å². The SMILES string of the molecule is COC(=O)c1ccc(C=Nc2ccc(-c3nc4ncccc4o3)cc2)cc1. The Labute approximate surface area is 155 Å². The molecule has 6 heteroatoms. The molecule has 0 unspecified atom stereocenters. The van der Waals surface area contributed by atoms with Gasteiger partial charge >= 0.3 is 5.97 Å². The van der Waals surface area contributed by atoms with Gasteiger partial charge in [0.1, 0.15) is 0 Å². The maximum Gasteiger partial charge on any atom is 0.337 e. The molecular weight excluding hydrogens is 342 g/mol. The molecule has 0 aliphatic rings. The van der Waals surface area contributed by atoms with Gasteiger partial charge in [-0.15, -0.1) is 0 Å². The number of rotatable bonds is 4. The number of pyridine rings is 1. The molecule has 0 radical (unpaired) electrons. The predicted octanol–water partition coefficient (Wildman–Crippen LogP) is 4.43. The van der Waals surface area contributed by atoms with Crippen LogP contribution in [0, 0.1) is 0 Å². The number of hydrogen-bond donors (Lipinski definition) is 0. The molecule has 0 aliphatic heterocycles. The van der Waals surface area contributed by atoms with Crippen LogP contribution in [0.25, 0.3) is 22.7 Å². The molecule has 0 amide bonds. The van der Waals surface area contributed by atoms with Crippen LogP contribution >= 0.6 is 0 Å². The van der Waals surface area contributed by atoms with Gasteiger partial charge in [-0.1, -0.05) is 12.1 Å². The first kappa shape index (κ1) is 16.7. The van der Waals surface area contributed by atoms with Crippen molar-refractivity contribution < 1.29 is 13.9 Å². The number of carbonyl (C=O) groups is 1. The number of hydrogen-bond acceptors (Lipinski definition) is 6. The number of nitrogens with zero attached hydrogens (tertiary/aromatic N) is 3. The van der Waals surface area contributed by atoms with E-state index in [4.69, 9.17) is 4.42 Å². The average Bonchev–Trinajstić information content (AvgIpc) is 3.17. The van der Waals surface area contributed by atoms with Crippen molar-refractivity contribution >= 4 is 29.1 Å². The van der Waals surface area contributed by atoms with Gasteiger partial charge in [-0.2, -0.15) is 4.98 Å². The van der Waals surface area contributed by atoms with E-state index in [9.17, 15) is 4.79 Å². The van der Waals surface area contributed by atoms with Crippen molar-refractivity contribution in [1.82, 2.24) is 9.97 Å². The minimum atomic E-state index is -0.358. The molecule has 0 saturated carbocycles. The zero-order chi connectivity index (χ0) is 18.6. The first-order valence-electron chi connectivity index (χ1n) is 8.27. The Balaban J connectivity index is 1.50. The Bertz CT molecular complexity index is 1080. The monoisotopic (exact) mass is 357 g/mol. The Morgan fingerprint density at radius 1 is 1.07 bits per heavy atom. The second-order valence-electron chi connectivity index (χ2n) is 5.76. The van der Waals surface area contributed by atoms with Crippen molar-refractivity contribution in [2.45, 2.75) is 0 Å². The maximum absolute atomic E-state index is 11.4. The fourth-order valence-corrected chi connectivity index (χ4v) is 2.55. The van der Waals surface area contributed by atoms with E-state index in [0.717, 1.165) is 16.8 Å². The van der Waals surface area contributed by atoms with Crippen LogP contribution < -0.4 is 0 Å². The third kappa shape index (κ3) is 3.59. The van der Waals surface area contributed by atoms with E-state index in [0.29, 0.717) is 22.7 Å². The van der Waals surface area contributed by atoms with Gasteiger partial charge < -0.3 is 9.15 Å². The molecular formula is C21H15N3O3. The van der Waals surface area contributed by atoms with Crippen molar-refractivity contribution in [1.29, 1.82) is 0 Å². The number of aliphatic imine (C=N–C) groups is 1. The van der Waals surface area contributed by atoms with Gasteiger partial charge in [0.15, 0.2) is 11.2 Å². The lowest BCUT2D eigenvalue weighted by Gasteiger charge is -1.99. The molecule has 0 aliphatic carbocycles. The summed E-state index contributed by atoms with van der Waals surface area (Å²) in [6, 6.07) is 18.3. The zero-order valence-corrected chi connectivity index (χ0v) is 14.5. The number of fused-ring (bicyclic) bond motifs is 1. The van der Waals surface area contributed by atoms with Crippen LogP contribution in [0.5, 0.6) is 0 Å². The molecule has 0 saturated heterocycles. The van der Waals surface area contributed by atoms with Crippen LogP contribution in [0.3, 0.4) is 0 Å². The quantitative estimate of drug-likeness (QED) is 0.399. The summed E-state index contributed by atoms with van der Waals surface area (Å²) in [6.45, 7) is 0. The summed E-state index contributed by atoms with van der Waals surface area (Å²) in [5, 5.41) is 0. The number of oxazole rings is 1. The van der Waals surface area contributed by atoms with E-state index in [1.165, 1.54) is 7.11 Å². The van der Waals surface area contributed by atoms with Crippen LogP contribution in [-0.4, -0.2) is 29.3 Å². The van der Waals surface area contributed by atoms with E-state index in [-0.39, 0.29) is 5.97 Å². The minimum Gasteiger partial charge on any atom is -0.465 e. The normalized spacial score (nSPS) is 11.1. The number of benzene rings is 2. The summed E-state index contributed by atoms with van der Waals surface area (Å²) >= 11 is 0. The number of esters is 1. The lowest BCUT2D eigenvalue weighted by molar-refractivity contribution is 0.0600. The van der Waals surface area contributed by atoms with Gasteiger partial charge in [0.05, 0.1) is 18.4 Å². The number of methoxy groups -OCH3 is 1. The largest absolute Gasteiger partial charge is 0.465 e. The summed E-state index contributed by atoms with van der Waals surface area (Å²) in [5.41, 5.74) is 4.29. The lowest BCUT2D eigenvalue weighted by Crippen LogP contribution is -2.00. The molecule has 0 N–H and O–H groups in total. The molecule has 132 valence electrons. The van der Waals surface area contributed by atoms with Crippen LogP contribution in [0.15, 0.2) is 76.3 Å². The topological polar surface area (TPSA) is 77.6 Å². The summed E-state index contributed by atoms with van der Waals surface area (Å²) in [7, 11) is 1.36. The Morgan fingerprint density at radius 2 is 1.85 bits per heavy atom. The first-order valence-corrected chi connectivity index (χ1v) is 8.27. The second kappa shape index (κ2) is 7.21. The summed E-state index contributed by atoms with van der Waals surface area (Å²) in [5.74, 6) is 0.168. The molecule has 27 heavy (non-hydrogen) atoms.